The first-order valence-corrected chi connectivity index (χ1v) is 7.61. The number of fused-ring (bicyclic) bond motifs is 2. The van der Waals surface area contributed by atoms with Gasteiger partial charge >= 0.3 is 0 Å². The molecule has 1 aromatic rings. The fourth-order valence-electron chi connectivity index (χ4n) is 3.91. The van der Waals surface area contributed by atoms with Crippen molar-refractivity contribution in [2.45, 2.75) is 43.6 Å². The lowest BCUT2D eigenvalue weighted by Crippen LogP contribution is -2.27. The number of hydrogen-bond acceptors (Lipinski definition) is 3. The minimum absolute atomic E-state index is 0.420. The second-order valence-corrected chi connectivity index (χ2v) is 6.29. The predicted octanol–water partition coefficient (Wildman–Crippen LogP) is 2.27. The lowest BCUT2D eigenvalue weighted by Gasteiger charge is -2.15. The number of aliphatic imine (C=N–C) groups is 1. The summed E-state index contributed by atoms with van der Waals surface area (Å²) in [4.78, 5) is 4.23. The van der Waals surface area contributed by atoms with E-state index >= 15 is 0 Å². The standard InChI is InChI=1S/C17H21N3/c18-16-13(5-3-9-19-16)11-20-15-10-17(15)8-7-12-4-1-2-6-14(12)17/h1-2,4,6,9,15,20H,3,5,7-8,10-11,18H2. The molecule has 3 nitrogen and oxygen atoms in total. The maximum absolute atomic E-state index is 5.95. The third-order valence-electron chi connectivity index (χ3n) is 5.20. The zero-order valence-corrected chi connectivity index (χ0v) is 11.7. The van der Waals surface area contributed by atoms with Crippen LogP contribution < -0.4 is 11.1 Å². The minimum atomic E-state index is 0.420. The van der Waals surface area contributed by atoms with E-state index in [1.807, 2.05) is 6.21 Å². The summed E-state index contributed by atoms with van der Waals surface area (Å²) in [7, 11) is 0. The smallest absolute Gasteiger partial charge is 0.123 e. The van der Waals surface area contributed by atoms with E-state index in [1.165, 1.54) is 24.8 Å². The summed E-state index contributed by atoms with van der Waals surface area (Å²) in [6.45, 7) is 0.901. The average molecular weight is 267 g/mol. The van der Waals surface area contributed by atoms with Crippen molar-refractivity contribution in [1.82, 2.24) is 5.32 Å². The molecular formula is C17H21N3. The lowest BCUT2D eigenvalue weighted by molar-refractivity contribution is 0.583. The Balaban J connectivity index is 1.45. The fourth-order valence-corrected chi connectivity index (χ4v) is 3.91. The molecule has 3 heteroatoms. The molecule has 1 fully saturated rings. The number of nitrogens with zero attached hydrogens (tertiary/aromatic N) is 1. The molecule has 1 aliphatic heterocycles. The molecule has 0 amide bonds. The summed E-state index contributed by atoms with van der Waals surface area (Å²) in [6, 6.07) is 9.57. The molecule has 2 atom stereocenters. The highest BCUT2D eigenvalue weighted by molar-refractivity contribution is 5.61. The van der Waals surface area contributed by atoms with Gasteiger partial charge in [0.25, 0.3) is 0 Å². The molecular weight excluding hydrogens is 246 g/mol. The average Bonchev–Trinajstić information content (AvgIpc) is 3.06. The van der Waals surface area contributed by atoms with Crippen molar-refractivity contribution in [2.75, 3.05) is 6.54 Å². The van der Waals surface area contributed by atoms with Gasteiger partial charge in [-0.1, -0.05) is 24.3 Å². The largest absolute Gasteiger partial charge is 0.384 e. The van der Waals surface area contributed by atoms with E-state index in [0.29, 0.717) is 11.5 Å². The van der Waals surface area contributed by atoms with Gasteiger partial charge in [-0.05, 0) is 48.8 Å². The van der Waals surface area contributed by atoms with Gasteiger partial charge in [0.15, 0.2) is 0 Å². The highest BCUT2D eigenvalue weighted by Gasteiger charge is 2.57. The fraction of sp³-hybridized carbons (Fsp3) is 0.471. The zero-order chi connectivity index (χ0) is 13.6. The summed E-state index contributed by atoms with van der Waals surface area (Å²) in [5, 5.41) is 3.72. The van der Waals surface area contributed by atoms with E-state index in [-0.39, 0.29) is 0 Å². The third kappa shape index (κ3) is 1.80. The van der Waals surface area contributed by atoms with Crippen molar-refractivity contribution in [3.63, 3.8) is 0 Å². The molecule has 1 aromatic carbocycles. The molecule has 0 aromatic heterocycles. The van der Waals surface area contributed by atoms with Gasteiger partial charge in [0.2, 0.25) is 0 Å². The van der Waals surface area contributed by atoms with E-state index in [9.17, 15) is 0 Å². The van der Waals surface area contributed by atoms with Gasteiger partial charge in [-0.25, -0.2) is 4.99 Å². The van der Waals surface area contributed by atoms with Crippen LogP contribution in [0.3, 0.4) is 0 Å². The number of nitrogens with two attached hydrogens (primary N) is 1. The van der Waals surface area contributed by atoms with Crippen LogP contribution in [0.15, 0.2) is 40.7 Å². The second-order valence-electron chi connectivity index (χ2n) is 6.29. The summed E-state index contributed by atoms with van der Waals surface area (Å²) >= 11 is 0. The highest BCUT2D eigenvalue weighted by Crippen LogP contribution is 2.56. The van der Waals surface area contributed by atoms with Gasteiger partial charge in [-0.3, -0.25) is 0 Å². The molecule has 1 spiro atoms. The summed E-state index contributed by atoms with van der Waals surface area (Å²) < 4.78 is 0. The van der Waals surface area contributed by atoms with Crippen molar-refractivity contribution < 1.29 is 0 Å². The van der Waals surface area contributed by atoms with E-state index in [2.05, 4.69) is 34.6 Å². The highest BCUT2D eigenvalue weighted by atomic mass is 15.0. The molecule has 1 saturated carbocycles. The summed E-state index contributed by atoms with van der Waals surface area (Å²) in [6.07, 6.45) is 7.82. The Labute approximate surface area is 120 Å². The summed E-state index contributed by atoms with van der Waals surface area (Å²) in [5.74, 6) is 0.727. The lowest BCUT2D eigenvalue weighted by atomic mass is 9.97. The van der Waals surface area contributed by atoms with E-state index in [1.54, 1.807) is 11.1 Å². The van der Waals surface area contributed by atoms with Crippen LogP contribution in [0.4, 0.5) is 0 Å². The first-order valence-electron chi connectivity index (χ1n) is 7.61. The third-order valence-corrected chi connectivity index (χ3v) is 5.20. The number of rotatable bonds is 3. The van der Waals surface area contributed by atoms with Crippen LogP contribution in [0.5, 0.6) is 0 Å². The van der Waals surface area contributed by atoms with Gasteiger partial charge in [-0.2, -0.15) is 0 Å². The first kappa shape index (κ1) is 12.2. The molecule has 0 saturated heterocycles. The molecule has 1 heterocycles. The quantitative estimate of drug-likeness (QED) is 0.882. The molecule has 0 bridgehead atoms. The van der Waals surface area contributed by atoms with E-state index in [0.717, 1.165) is 25.2 Å². The molecule has 3 aliphatic rings. The zero-order valence-electron chi connectivity index (χ0n) is 11.7. The van der Waals surface area contributed by atoms with E-state index < -0.39 is 0 Å². The molecule has 2 unspecified atom stereocenters. The van der Waals surface area contributed by atoms with Crippen molar-refractivity contribution in [3.05, 3.63) is 46.8 Å². The van der Waals surface area contributed by atoms with Gasteiger partial charge in [0.05, 0.1) is 0 Å². The number of hydrogen-bond donors (Lipinski definition) is 2. The predicted molar refractivity (Wildman–Crippen MR) is 81.8 cm³/mol. The van der Waals surface area contributed by atoms with Gasteiger partial charge in [0, 0.05) is 24.2 Å². The normalized spacial score (nSPS) is 30.9. The maximum Gasteiger partial charge on any atom is 0.123 e. The van der Waals surface area contributed by atoms with Gasteiger partial charge in [-0.15, -0.1) is 0 Å². The monoisotopic (exact) mass is 267 g/mol. The maximum atomic E-state index is 5.95. The molecule has 20 heavy (non-hydrogen) atoms. The Morgan fingerprint density at radius 2 is 2.20 bits per heavy atom. The van der Waals surface area contributed by atoms with Crippen LogP contribution in [-0.4, -0.2) is 18.8 Å². The molecule has 104 valence electrons. The Bertz CT molecular complexity index is 602. The van der Waals surface area contributed by atoms with Crippen molar-refractivity contribution in [3.8, 4) is 0 Å². The van der Waals surface area contributed by atoms with Crippen molar-refractivity contribution >= 4 is 6.21 Å². The Morgan fingerprint density at radius 3 is 3.10 bits per heavy atom. The van der Waals surface area contributed by atoms with Crippen LogP contribution >= 0.6 is 0 Å². The van der Waals surface area contributed by atoms with Crippen molar-refractivity contribution in [2.24, 2.45) is 10.7 Å². The number of aryl methyl sites for hydroxylation is 1. The second kappa shape index (κ2) is 4.45. The molecule has 0 radical (unpaired) electrons. The van der Waals surface area contributed by atoms with Crippen molar-refractivity contribution in [1.29, 1.82) is 0 Å². The summed E-state index contributed by atoms with van der Waals surface area (Å²) in [5.41, 5.74) is 10.8. The van der Waals surface area contributed by atoms with Crippen LogP contribution in [0.2, 0.25) is 0 Å². The SMILES string of the molecule is NC1=C(CNC2CC23CCc2ccccc23)CCC=N1. The molecule has 3 N–H and O–H groups in total. The Kier molecular flexibility index (Phi) is 2.71. The molecule has 2 aliphatic carbocycles. The minimum Gasteiger partial charge on any atom is -0.384 e. The Morgan fingerprint density at radius 1 is 1.30 bits per heavy atom. The van der Waals surface area contributed by atoms with E-state index in [4.69, 9.17) is 5.73 Å². The number of nitrogens with one attached hydrogen (secondary N) is 1. The van der Waals surface area contributed by atoms with Crippen LogP contribution in [0.25, 0.3) is 0 Å². The van der Waals surface area contributed by atoms with Gasteiger partial charge in [0.1, 0.15) is 5.82 Å². The number of benzene rings is 1. The Hall–Kier alpha value is -1.61. The first-order chi connectivity index (χ1) is 9.79. The van der Waals surface area contributed by atoms with Crippen LogP contribution in [-0.2, 0) is 11.8 Å². The van der Waals surface area contributed by atoms with Crippen LogP contribution in [0, 0.1) is 0 Å². The molecule has 4 rings (SSSR count). The van der Waals surface area contributed by atoms with Gasteiger partial charge < -0.3 is 11.1 Å². The van der Waals surface area contributed by atoms with Crippen LogP contribution in [0.1, 0.15) is 36.8 Å². The topological polar surface area (TPSA) is 50.4 Å².